The van der Waals surface area contributed by atoms with E-state index >= 15 is 0 Å². The smallest absolute Gasteiger partial charge is 0.405 e. The van der Waals surface area contributed by atoms with E-state index in [0.29, 0.717) is 11.1 Å². The van der Waals surface area contributed by atoms with Gasteiger partial charge in [-0.15, -0.1) is 0 Å². The number of nitrogens with zero attached hydrogens (tertiary/aromatic N) is 1. The normalized spacial score (nSPS) is 21.5. The van der Waals surface area contributed by atoms with E-state index in [-0.39, 0.29) is 30.1 Å². The molecule has 0 saturated carbocycles. The third-order valence-corrected chi connectivity index (χ3v) is 5.08. The molecule has 2 aliphatic rings. The number of rotatable bonds is 3. The molecule has 2 aromatic rings. The van der Waals surface area contributed by atoms with E-state index < -0.39 is 7.12 Å². The lowest BCUT2D eigenvalue weighted by Crippen LogP contribution is -2.53. The monoisotopic (exact) mass is 363 g/mol. The van der Waals surface area contributed by atoms with E-state index in [4.69, 9.17) is 9.31 Å². The zero-order valence-corrected chi connectivity index (χ0v) is 15.8. The Bertz CT molecular complexity index is 876. The Kier molecular flexibility index (Phi) is 4.40. The number of amides is 2. The van der Waals surface area contributed by atoms with Gasteiger partial charge in [-0.05, 0) is 50.4 Å². The highest BCUT2D eigenvalue weighted by Gasteiger charge is 2.40. The summed E-state index contributed by atoms with van der Waals surface area (Å²) in [6, 6.07) is 14.6. The Morgan fingerprint density at radius 2 is 1.63 bits per heavy atom. The second kappa shape index (κ2) is 6.62. The van der Waals surface area contributed by atoms with Gasteiger partial charge in [0.2, 0.25) is 0 Å². The van der Waals surface area contributed by atoms with Crippen LogP contribution in [0, 0.1) is 0 Å². The Morgan fingerprint density at radius 1 is 1.04 bits per heavy atom. The first kappa shape index (κ1) is 18.0. The molecule has 1 atom stereocenters. The van der Waals surface area contributed by atoms with Gasteiger partial charge in [0.25, 0.3) is 11.8 Å². The summed E-state index contributed by atoms with van der Waals surface area (Å²) < 4.78 is 12.2. The highest BCUT2D eigenvalue weighted by molar-refractivity contribution is 6.62. The van der Waals surface area contributed by atoms with E-state index in [1.165, 1.54) is 4.90 Å². The summed E-state index contributed by atoms with van der Waals surface area (Å²) in [4.78, 5) is 26.7. The van der Waals surface area contributed by atoms with Gasteiger partial charge in [0.1, 0.15) is 0 Å². The molecule has 0 N–H and O–H groups in total. The van der Waals surface area contributed by atoms with Crippen molar-refractivity contribution in [3.05, 3.63) is 65.2 Å². The Hall–Kier alpha value is -2.44. The summed E-state index contributed by atoms with van der Waals surface area (Å²) in [5.41, 5.74) is 2.32. The minimum Gasteiger partial charge on any atom is -0.405 e. The molecule has 0 aliphatic carbocycles. The molecule has 0 bridgehead atoms. The molecular formula is C21H22BNO4. The van der Waals surface area contributed by atoms with Crippen molar-refractivity contribution in [2.45, 2.75) is 45.4 Å². The van der Waals surface area contributed by atoms with Gasteiger partial charge in [-0.25, -0.2) is 0 Å². The quantitative estimate of drug-likeness (QED) is 0.622. The van der Waals surface area contributed by atoms with Crippen molar-refractivity contribution in [1.29, 1.82) is 0 Å². The SMILES string of the molecule is CC1CC(C)(C)OB(c2ccccc2CN2C(=O)c3ccccc3C2=O)O1. The van der Waals surface area contributed by atoms with Crippen molar-refractivity contribution in [3.8, 4) is 0 Å². The summed E-state index contributed by atoms with van der Waals surface area (Å²) in [5, 5.41) is 0. The van der Waals surface area contributed by atoms with Crippen molar-refractivity contribution >= 4 is 24.4 Å². The zero-order chi connectivity index (χ0) is 19.2. The van der Waals surface area contributed by atoms with Crippen LogP contribution in [0.3, 0.4) is 0 Å². The van der Waals surface area contributed by atoms with E-state index in [2.05, 4.69) is 0 Å². The highest BCUT2D eigenvalue weighted by atomic mass is 16.6. The maximum atomic E-state index is 12.7. The Balaban J connectivity index is 1.63. The van der Waals surface area contributed by atoms with Gasteiger partial charge < -0.3 is 9.31 Å². The lowest BCUT2D eigenvalue weighted by molar-refractivity contribution is -0.0231. The standard InChI is InChI=1S/C21H22BNO4/c1-14-12-21(2,3)27-22(26-14)18-11-7-4-8-15(18)13-23-19(24)16-9-5-6-10-17(16)20(23)25/h4-11,14H,12-13H2,1-3H3. The van der Waals surface area contributed by atoms with Crippen LogP contribution >= 0.6 is 0 Å². The lowest BCUT2D eigenvalue weighted by Gasteiger charge is -2.38. The van der Waals surface area contributed by atoms with Crippen molar-refractivity contribution in [2.75, 3.05) is 0 Å². The van der Waals surface area contributed by atoms with Crippen LogP contribution in [0.25, 0.3) is 0 Å². The average molecular weight is 363 g/mol. The third-order valence-electron chi connectivity index (χ3n) is 5.08. The molecule has 5 nitrogen and oxygen atoms in total. The number of carbonyl (C=O) groups is 2. The number of fused-ring (bicyclic) bond motifs is 1. The van der Waals surface area contributed by atoms with E-state index in [9.17, 15) is 9.59 Å². The summed E-state index contributed by atoms with van der Waals surface area (Å²) >= 11 is 0. The maximum absolute atomic E-state index is 12.7. The zero-order valence-electron chi connectivity index (χ0n) is 15.8. The van der Waals surface area contributed by atoms with Crippen molar-refractivity contribution in [2.24, 2.45) is 0 Å². The van der Waals surface area contributed by atoms with E-state index in [1.807, 2.05) is 45.0 Å². The first-order valence-corrected chi connectivity index (χ1v) is 9.22. The first-order chi connectivity index (χ1) is 12.9. The number of hydrogen-bond donors (Lipinski definition) is 0. The maximum Gasteiger partial charge on any atom is 0.494 e. The molecular weight excluding hydrogens is 341 g/mol. The molecule has 0 aromatic heterocycles. The van der Waals surface area contributed by atoms with Crippen LogP contribution in [-0.4, -0.2) is 35.5 Å². The number of carbonyl (C=O) groups excluding carboxylic acids is 2. The molecule has 1 saturated heterocycles. The van der Waals surface area contributed by atoms with Gasteiger partial charge in [-0.1, -0.05) is 36.4 Å². The molecule has 2 aromatic carbocycles. The van der Waals surface area contributed by atoms with Crippen LogP contribution in [-0.2, 0) is 15.9 Å². The predicted octanol–water partition coefficient (Wildman–Crippen LogP) is 2.78. The lowest BCUT2D eigenvalue weighted by atomic mass is 9.72. The summed E-state index contributed by atoms with van der Waals surface area (Å²) in [6.45, 7) is 6.32. The summed E-state index contributed by atoms with van der Waals surface area (Å²) in [7, 11) is -0.518. The van der Waals surface area contributed by atoms with Gasteiger partial charge in [0, 0.05) is 6.10 Å². The Morgan fingerprint density at radius 3 is 2.26 bits per heavy atom. The molecule has 2 amide bonds. The molecule has 1 unspecified atom stereocenters. The molecule has 4 rings (SSSR count). The second-order valence-electron chi connectivity index (χ2n) is 7.80. The second-order valence-corrected chi connectivity index (χ2v) is 7.80. The van der Waals surface area contributed by atoms with Crippen LogP contribution in [0.5, 0.6) is 0 Å². The fourth-order valence-corrected chi connectivity index (χ4v) is 3.92. The highest BCUT2D eigenvalue weighted by Crippen LogP contribution is 2.27. The van der Waals surface area contributed by atoms with Gasteiger partial charge >= 0.3 is 7.12 Å². The van der Waals surface area contributed by atoms with Gasteiger partial charge in [-0.2, -0.15) is 0 Å². The van der Waals surface area contributed by atoms with Gasteiger partial charge in [-0.3, -0.25) is 14.5 Å². The predicted molar refractivity (Wildman–Crippen MR) is 103 cm³/mol. The number of imide groups is 1. The fraction of sp³-hybridized carbons (Fsp3) is 0.333. The summed E-state index contributed by atoms with van der Waals surface area (Å²) in [5.74, 6) is -0.519. The minimum absolute atomic E-state index is 0.0612. The van der Waals surface area contributed by atoms with Crippen molar-refractivity contribution < 1.29 is 18.9 Å². The van der Waals surface area contributed by atoms with Crippen LogP contribution in [0.2, 0.25) is 0 Å². The van der Waals surface area contributed by atoms with Crippen LogP contribution in [0.4, 0.5) is 0 Å². The van der Waals surface area contributed by atoms with Gasteiger partial charge in [0.15, 0.2) is 0 Å². The molecule has 2 heterocycles. The van der Waals surface area contributed by atoms with Crippen molar-refractivity contribution in [3.63, 3.8) is 0 Å². The van der Waals surface area contributed by atoms with E-state index in [1.54, 1.807) is 24.3 Å². The minimum atomic E-state index is -0.518. The van der Waals surface area contributed by atoms with Crippen LogP contribution < -0.4 is 5.46 Å². The van der Waals surface area contributed by atoms with Crippen LogP contribution in [0.1, 0.15) is 53.5 Å². The average Bonchev–Trinajstić information content (AvgIpc) is 2.86. The largest absolute Gasteiger partial charge is 0.494 e. The number of benzene rings is 2. The summed E-state index contributed by atoms with van der Waals surface area (Å²) in [6.07, 6.45) is 0.871. The molecule has 0 spiro atoms. The van der Waals surface area contributed by atoms with E-state index in [0.717, 1.165) is 17.4 Å². The topological polar surface area (TPSA) is 55.8 Å². The molecule has 138 valence electrons. The molecule has 2 aliphatic heterocycles. The Labute approximate surface area is 159 Å². The third kappa shape index (κ3) is 3.31. The van der Waals surface area contributed by atoms with Crippen LogP contribution in [0.15, 0.2) is 48.5 Å². The first-order valence-electron chi connectivity index (χ1n) is 9.22. The molecule has 0 radical (unpaired) electrons. The number of hydrogen-bond acceptors (Lipinski definition) is 4. The molecule has 6 heteroatoms. The van der Waals surface area contributed by atoms with Crippen molar-refractivity contribution in [1.82, 2.24) is 4.90 Å². The molecule has 27 heavy (non-hydrogen) atoms. The molecule has 1 fully saturated rings. The fourth-order valence-electron chi connectivity index (χ4n) is 3.92. The van der Waals surface area contributed by atoms with Gasteiger partial charge in [0.05, 0.1) is 23.3 Å².